The Balaban J connectivity index is 1.85. The van der Waals surface area contributed by atoms with Crippen molar-refractivity contribution in [1.29, 1.82) is 0 Å². The average Bonchev–Trinajstić information content (AvgIpc) is 2.67. The molecule has 2 aromatic rings. The molecule has 2 atom stereocenters. The third-order valence-electron chi connectivity index (χ3n) is 4.92. The summed E-state index contributed by atoms with van der Waals surface area (Å²) in [5.74, 6) is 2.61. The number of hydrogen-bond donors (Lipinski definition) is 1. The quantitative estimate of drug-likeness (QED) is 0.905. The van der Waals surface area contributed by atoms with Crippen LogP contribution in [0.4, 0.5) is 5.69 Å². The molecule has 5 heteroatoms. The Kier molecular flexibility index (Phi) is 5.34. The van der Waals surface area contributed by atoms with Crippen LogP contribution in [0.1, 0.15) is 17.9 Å². The number of rotatable bonds is 5. The Bertz CT molecular complexity index is 720. The molecule has 1 heterocycles. The van der Waals surface area contributed by atoms with Crippen LogP contribution in [0.15, 0.2) is 42.5 Å². The Morgan fingerprint density at radius 3 is 2.48 bits per heavy atom. The molecule has 5 nitrogen and oxygen atoms in total. The van der Waals surface area contributed by atoms with Gasteiger partial charge in [0, 0.05) is 36.8 Å². The molecule has 0 saturated carbocycles. The van der Waals surface area contributed by atoms with Crippen molar-refractivity contribution in [1.82, 2.24) is 0 Å². The molecule has 2 N–H and O–H groups in total. The molecule has 1 fully saturated rings. The molecular weight excluding hydrogens is 316 g/mol. The summed E-state index contributed by atoms with van der Waals surface area (Å²) in [5, 5.41) is 0. The summed E-state index contributed by atoms with van der Waals surface area (Å²) < 4.78 is 16.1. The van der Waals surface area contributed by atoms with Gasteiger partial charge in [-0.1, -0.05) is 12.1 Å². The molecule has 1 aliphatic heterocycles. The topological polar surface area (TPSA) is 57.0 Å². The molecule has 2 aromatic carbocycles. The van der Waals surface area contributed by atoms with Crippen LogP contribution in [0.5, 0.6) is 17.2 Å². The van der Waals surface area contributed by atoms with Gasteiger partial charge in [0.2, 0.25) is 0 Å². The van der Waals surface area contributed by atoms with Crippen molar-refractivity contribution in [3.05, 3.63) is 48.0 Å². The number of benzene rings is 2. The van der Waals surface area contributed by atoms with Crippen molar-refractivity contribution in [2.24, 2.45) is 5.73 Å². The average molecular weight is 342 g/mol. The molecule has 3 rings (SSSR count). The standard InChI is InChI=1S/C20H26N2O3/c1-23-16-6-4-5-14(11-16)17-13-22(10-9-18(17)21)15-7-8-19(24-2)20(12-15)25-3/h4-8,11-12,17-18H,9-10,13,21H2,1-3H3/t17-,18-/m1/s1. The number of piperidine rings is 1. The molecule has 0 amide bonds. The van der Waals surface area contributed by atoms with Gasteiger partial charge < -0.3 is 24.8 Å². The zero-order valence-electron chi connectivity index (χ0n) is 15.1. The SMILES string of the molecule is COc1cccc([C@H]2CN(c3ccc(OC)c(OC)c3)CC[C@H]2N)c1. The molecule has 1 aliphatic rings. The van der Waals surface area contributed by atoms with Crippen LogP contribution in [0.2, 0.25) is 0 Å². The van der Waals surface area contributed by atoms with Gasteiger partial charge in [-0.25, -0.2) is 0 Å². The Morgan fingerprint density at radius 1 is 0.960 bits per heavy atom. The summed E-state index contributed by atoms with van der Waals surface area (Å²) in [7, 11) is 5.00. The number of nitrogens with two attached hydrogens (primary N) is 1. The minimum absolute atomic E-state index is 0.142. The van der Waals surface area contributed by atoms with Gasteiger partial charge in [-0.3, -0.25) is 0 Å². The minimum Gasteiger partial charge on any atom is -0.497 e. The van der Waals surface area contributed by atoms with Crippen LogP contribution in [0.25, 0.3) is 0 Å². The fourth-order valence-corrected chi connectivity index (χ4v) is 3.45. The molecule has 0 aliphatic carbocycles. The van der Waals surface area contributed by atoms with E-state index in [2.05, 4.69) is 23.1 Å². The van der Waals surface area contributed by atoms with E-state index in [4.69, 9.17) is 19.9 Å². The van der Waals surface area contributed by atoms with Crippen LogP contribution in [-0.2, 0) is 0 Å². The van der Waals surface area contributed by atoms with E-state index < -0.39 is 0 Å². The molecular formula is C20H26N2O3. The number of hydrogen-bond acceptors (Lipinski definition) is 5. The molecule has 0 unspecified atom stereocenters. The van der Waals surface area contributed by atoms with E-state index in [1.165, 1.54) is 5.56 Å². The fourth-order valence-electron chi connectivity index (χ4n) is 3.45. The molecule has 0 spiro atoms. The zero-order valence-corrected chi connectivity index (χ0v) is 15.1. The minimum atomic E-state index is 0.142. The summed E-state index contributed by atoms with van der Waals surface area (Å²) in [6.45, 7) is 1.79. The highest BCUT2D eigenvalue weighted by atomic mass is 16.5. The highest BCUT2D eigenvalue weighted by molar-refractivity contribution is 5.57. The van der Waals surface area contributed by atoms with Gasteiger partial charge >= 0.3 is 0 Å². The van der Waals surface area contributed by atoms with Crippen LogP contribution in [0.3, 0.4) is 0 Å². The lowest BCUT2D eigenvalue weighted by molar-refractivity contribution is 0.354. The zero-order chi connectivity index (χ0) is 17.8. The van der Waals surface area contributed by atoms with Crippen LogP contribution in [0, 0.1) is 0 Å². The van der Waals surface area contributed by atoms with E-state index >= 15 is 0 Å². The molecule has 0 radical (unpaired) electrons. The molecule has 0 aromatic heterocycles. The maximum Gasteiger partial charge on any atom is 0.162 e. The summed E-state index contributed by atoms with van der Waals surface area (Å²) in [5.41, 5.74) is 8.77. The third-order valence-corrected chi connectivity index (χ3v) is 4.92. The highest BCUT2D eigenvalue weighted by Crippen LogP contribution is 2.35. The summed E-state index contributed by atoms with van der Waals surface area (Å²) in [4.78, 5) is 2.36. The summed E-state index contributed by atoms with van der Waals surface area (Å²) >= 11 is 0. The molecule has 134 valence electrons. The normalized spacial score (nSPS) is 20.2. The number of nitrogens with zero attached hydrogens (tertiary/aromatic N) is 1. The van der Waals surface area contributed by atoms with E-state index in [-0.39, 0.29) is 12.0 Å². The monoisotopic (exact) mass is 342 g/mol. The van der Waals surface area contributed by atoms with Gasteiger partial charge in [-0.05, 0) is 36.2 Å². The Hall–Kier alpha value is -2.40. The second-order valence-corrected chi connectivity index (χ2v) is 6.32. The van der Waals surface area contributed by atoms with Gasteiger partial charge in [-0.2, -0.15) is 0 Å². The van der Waals surface area contributed by atoms with E-state index in [9.17, 15) is 0 Å². The number of anilines is 1. The summed E-state index contributed by atoms with van der Waals surface area (Å²) in [6, 6.07) is 14.4. The largest absolute Gasteiger partial charge is 0.497 e. The lowest BCUT2D eigenvalue weighted by Gasteiger charge is -2.38. The van der Waals surface area contributed by atoms with Gasteiger partial charge in [0.05, 0.1) is 21.3 Å². The van der Waals surface area contributed by atoms with Crippen molar-refractivity contribution in [3.63, 3.8) is 0 Å². The van der Waals surface area contributed by atoms with Crippen LogP contribution in [-0.4, -0.2) is 40.5 Å². The predicted molar refractivity (Wildman–Crippen MR) is 100 cm³/mol. The number of ether oxygens (including phenoxy) is 3. The van der Waals surface area contributed by atoms with E-state index in [0.717, 1.165) is 42.4 Å². The maximum absolute atomic E-state index is 6.43. The maximum atomic E-state index is 6.43. The number of methoxy groups -OCH3 is 3. The lowest BCUT2D eigenvalue weighted by Crippen LogP contribution is -2.45. The van der Waals surface area contributed by atoms with Crippen molar-refractivity contribution < 1.29 is 14.2 Å². The predicted octanol–water partition coefficient (Wildman–Crippen LogP) is 3.03. The first kappa shape index (κ1) is 17.4. The lowest BCUT2D eigenvalue weighted by atomic mass is 9.86. The molecule has 0 bridgehead atoms. The molecule has 25 heavy (non-hydrogen) atoms. The third kappa shape index (κ3) is 3.66. The smallest absolute Gasteiger partial charge is 0.162 e. The summed E-state index contributed by atoms with van der Waals surface area (Å²) in [6.07, 6.45) is 0.941. The highest BCUT2D eigenvalue weighted by Gasteiger charge is 2.28. The van der Waals surface area contributed by atoms with Gasteiger partial charge in [0.1, 0.15) is 5.75 Å². The van der Waals surface area contributed by atoms with Crippen LogP contribution >= 0.6 is 0 Å². The van der Waals surface area contributed by atoms with Crippen molar-refractivity contribution >= 4 is 5.69 Å². The molecule has 1 saturated heterocycles. The Morgan fingerprint density at radius 2 is 1.76 bits per heavy atom. The van der Waals surface area contributed by atoms with Crippen molar-refractivity contribution in [2.45, 2.75) is 18.4 Å². The first-order chi connectivity index (χ1) is 12.2. The Labute approximate surface area is 149 Å². The fraction of sp³-hybridized carbons (Fsp3) is 0.400. The van der Waals surface area contributed by atoms with E-state index in [1.54, 1.807) is 21.3 Å². The van der Waals surface area contributed by atoms with Crippen molar-refractivity contribution in [3.8, 4) is 17.2 Å². The van der Waals surface area contributed by atoms with E-state index in [1.807, 2.05) is 24.3 Å². The van der Waals surface area contributed by atoms with Crippen molar-refractivity contribution in [2.75, 3.05) is 39.3 Å². The second-order valence-electron chi connectivity index (χ2n) is 6.32. The first-order valence-electron chi connectivity index (χ1n) is 8.52. The second kappa shape index (κ2) is 7.66. The van der Waals surface area contributed by atoms with E-state index in [0.29, 0.717) is 0 Å². The van der Waals surface area contributed by atoms with Gasteiger partial charge in [0.25, 0.3) is 0 Å². The first-order valence-corrected chi connectivity index (χ1v) is 8.52. The van der Waals surface area contributed by atoms with Gasteiger partial charge in [0.15, 0.2) is 11.5 Å². The van der Waals surface area contributed by atoms with Gasteiger partial charge in [-0.15, -0.1) is 0 Å². The van der Waals surface area contributed by atoms with Crippen LogP contribution < -0.4 is 24.8 Å².